The van der Waals surface area contributed by atoms with E-state index in [9.17, 15) is 4.79 Å². The number of aromatic nitrogens is 1. The summed E-state index contributed by atoms with van der Waals surface area (Å²) in [5.41, 5.74) is 1.69. The second-order valence-corrected chi connectivity index (χ2v) is 5.52. The molecule has 0 saturated carbocycles. The van der Waals surface area contributed by atoms with Gasteiger partial charge in [-0.1, -0.05) is 13.3 Å². The molecule has 0 aliphatic heterocycles. The van der Waals surface area contributed by atoms with Crippen LogP contribution in [0, 0.1) is 0 Å². The molecule has 1 heterocycles. The minimum Gasteiger partial charge on any atom is -0.489 e. The maximum atomic E-state index is 12.5. The lowest BCUT2D eigenvalue weighted by molar-refractivity contribution is 0.289. The summed E-state index contributed by atoms with van der Waals surface area (Å²) in [6.07, 6.45) is 1.98. The molecule has 0 saturated heterocycles. The summed E-state index contributed by atoms with van der Waals surface area (Å²) in [5.74, 6) is 0.808. The molecule has 5 heteroatoms. The second kappa shape index (κ2) is 6.73. The van der Waals surface area contributed by atoms with Gasteiger partial charge in [0, 0.05) is 32.2 Å². The van der Waals surface area contributed by atoms with Gasteiger partial charge in [0.2, 0.25) is 5.75 Å². The Balaban J connectivity index is 2.68. The SMILES string of the molecule is CCCCOc1c(OC)c(=O)n(C)c2cc(N(C)C)ccc12. The van der Waals surface area contributed by atoms with Crippen LogP contribution in [-0.4, -0.2) is 32.4 Å². The molecule has 0 N–H and O–H groups in total. The standard InChI is InChI=1S/C17H24N2O3/c1-6-7-10-22-15-13-9-8-12(18(2)3)11-14(13)19(4)17(20)16(15)21-5/h8-9,11H,6-7,10H2,1-5H3. The van der Waals surface area contributed by atoms with Gasteiger partial charge in [-0.25, -0.2) is 0 Å². The van der Waals surface area contributed by atoms with Crippen LogP contribution in [0.1, 0.15) is 19.8 Å². The molecule has 0 atom stereocenters. The molecule has 0 fully saturated rings. The maximum Gasteiger partial charge on any atom is 0.297 e. The van der Waals surface area contributed by atoms with E-state index in [4.69, 9.17) is 9.47 Å². The van der Waals surface area contributed by atoms with Crippen LogP contribution in [0.25, 0.3) is 10.9 Å². The number of aryl methyl sites for hydroxylation is 1. The largest absolute Gasteiger partial charge is 0.489 e. The van der Waals surface area contributed by atoms with Crippen molar-refractivity contribution in [1.82, 2.24) is 4.57 Å². The van der Waals surface area contributed by atoms with Crippen LogP contribution in [0.5, 0.6) is 11.5 Å². The lowest BCUT2D eigenvalue weighted by Crippen LogP contribution is -2.20. The molecule has 22 heavy (non-hydrogen) atoms. The molecule has 0 unspecified atom stereocenters. The van der Waals surface area contributed by atoms with E-state index in [-0.39, 0.29) is 11.3 Å². The summed E-state index contributed by atoms with van der Waals surface area (Å²) in [5, 5.41) is 0.889. The fourth-order valence-corrected chi connectivity index (χ4v) is 2.39. The smallest absolute Gasteiger partial charge is 0.297 e. The molecule has 0 aliphatic carbocycles. The van der Waals surface area contributed by atoms with Crippen molar-refractivity contribution in [3.05, 3.63) is 28.6 Å². The Morgan fingerprint density at radius 3 is 2.55 bits per heavy atom. The molecule has 5 nitrogen and oxygen atoms in total. The fraction of sp³-hybridized carbons (Fsp3) is 0.471. The number of benzene rings is 1. The van der Waals surface area contributed by atoms with Crippen LogP contribution in [-0.2, 0) is 7.05 Å². The van der Waals surface area contributed by atoms with Gasteiger partial charge in [0.15, 0.2) is 5.75 Å². The van der Waals surface area contributed by atoms with Crippen molar-refractivity contribution in [2.75, 3.05) is 32.7 Å². The van der Waals surface area contributed by atoms with Crippen molar-refractivity contribution in [1.29, 1.82) is 0 Å². The number of pyridine rings is 1. The first-order chi connectivity index (χ1) is 10.5. The lowest BCUT2D eigenvalue weighted by Gasteiger charge is -2.18. The van der Waals surface area contributed by atoms with Crippen molar-refractivity contribution in [2.45, 2.75) is 19.8 Å². The number of nitrogens with zero attached hydrogens (tertiary/aromatic N) is 2. The number of ether oxygens (including phenoxy) is 2. The highest BCUT2D eigenvalue weighted by Crippen LogP contribution is 2.34. The Bertz CT molecular complexity index is 720. The van der Waals surface area contributed by atoms with Gasteiger partial charge in [-0.3, -0.25) is 4.79 Å². The third-order valence-corrected chi connectivity index (χ3v) is 3.76. The quantitative estimate of drug-likeness (QED) is 0.770. The highest BCUT2D eigenvalue weighted by molar-refractivity contribution is 5.90. The van der Waals surface area contributed by atoms with Crippen molar-refractivity contribution in [2.24, 2.45) is 7.05 Å². The predicted octanol–water partition coefficient (Wildman–Crippen LogP) is 2.79. The highest BCUT2D eigenvalue weighted by atomic mass is 16.5. The van der Waals surface area contributed by atoms with E-state index in [1.807, 2.05) is 37.2 Å². The zero-order valence-electron chi connectivity index (χ0n) is 14.0. The van der Waals surface area contributed by atoms with Gasteiger partial charge in [-0.2, -0.15) is 0 Å². The minimum absolute atomic E-state index is 0.183. The van der Waals surface area contributed by atoms with E-state index in [0.717, 1.165) is 29.4 Å². The van der Waals surface area contributed by atoms with E-state index in [1.54, 1.807) is 11.6 Å². The zero-order valence-corrected chi connectivity index (χ0v) is 14.0. The van der Waals surface area contributed by atoms with Crippen molar-refractivity contribution < 1.29 is 9.47 Å². The van der Waals surface area contributed by atoms with Crippen molar-refractivity contribution >= 4 is 16.6 Å². The number of methoxy groups -OCH3 is 1. The minimum atomic E-state index is -0.183. The molecule has 0 radical (unpaired) electrons. The van der Waals surface area contributed by atoms with Crippen molar-refractivity contribution in [3.8, 4) is 11.5 Å². The van der Waals surface area contributed by atoms with Crippen LogP contribution >= 0.6 is 0 Å². The summed E-state index contributed by atoms with van der Waals surface area (Å²) < 4.78 is 12.8. The number of hydrogen-bond acceptors (Lipinski definition) is 4. The third-order valence-electron chi connectivity index (χ3n) is 3.76. The zero-order chi connectivity index (χ0) is 16.3. The van der Waals surface area contributed by atoms with Crippen LogP contribution < -0.4 is 19.9 Å². The van der Waals surface area contributed by atoms with E-state index in [0.29, 0.717) is 12.4 Å². The van der Waals surface area contributed by atoms with E-state index >= 15 is 0 Å². The molecule has 0 bridgehead atoms. The molecule has 0 spiro atoms. The molecular weight excluding hydrogens is 280 g/mol. The normalized spacial score (nSPS) is 10.8. The number of hydrogen-bond donors (Lipinski definition) is 0. The fourth-order valence-electron chi connectivity index (χ4n) is 2.39. The topological polar surface area (TPSA) is 43.7 Å². The highest BCUT2D eigenvalue weighted by Gasteiger charge is 2.17. The number of rotatable bonds is 6. The first kappa shape index (κ1) is 16.2. The Morgan fingerprint density at radius 2 is 1.95 bits per heavy atom. The Morgan fingerprint density at radius 1 is 1.23 bits per heavy atom. The van der Waals surface area contributed by atoms with Gasteiger partial charge in [-0.05, 0) is 24.6 Å². The van der Waals surface area contributed by atoms with Gasteiger partial charge in [0.1, 0.15) is 0 Å². The molecule has 0 amide bonds. The third kappa shape index (κ3) is 2.89. The van der Waals surface area contributed by atoms with Gasteiger partial charge < -0.3 is 18.9 Å². The number of anilines is 1. The van der Waals surface area contributed by atoms with Gasteiger partial charge in [-0.15, -0.1) is 0 Å². The summed E-state index contributed by atoms with van der Waals surface area (Å²) in [6.45, 7) is 2.68. The first-order valence-electron chi connectivity index (χ1n) is 7.52. The van der Waals surface area contributed by atoms with E-state index < -0.39 is 0 Å². The van der Waals surface area contributed by atoms with Crippen LogP contribution in [0.4, 0.5) is 5.69 Å². The Labute approximate surface area is 131 Å². The summed E-state index contributed by atoms with van der Waals surface area (Å²) in [6, 6.07) is 5.98. The average Bonchev–Trinajstić information content (AvgIpc) is 2.51. The predicted molar refractivity (Wildman–Crippen MR) is 90.5 cm³/mol. The van der Waals surface area contributed by atoms with E-state index in [1.165, 1.54) is 7.11 Å². The van der Waals surface area contributed by atoms with Crippen LogP contribution in [0.15, 0.2) is 23.0 Å². The first-order valence-corrected chi connectivity index (χ1v) is 7.52. The molecule has 2 aromatic rings. The van der Waals surface area contributed by atoms with Gasteiger partial charge in [0.05, 0.1) is 19.2 Å². The van der Waals surface area contributed by atoms with Gasteiger partial charge in [0.25, 0.3) is 5.56 Å². The molecule has 2 rings (SSSR count). The number of unbranched alkanes of at least 4 members (excludes halogenated alkanes) is 1. The molecular formula is C17H24N2O3. The van der Waals surface area contributed by atoms with E-state index in [2.05, 4.69) is 6.92 Å². The molecule has 120 valence electrons. The monoisotopic (exact) mass is 304 g/mol. The average molecular weight is 304 g/mol. The molecule has 1 aromatic carbocycles. The van der Waals surface area contributed by atoms with Crippen LogP contribution in [0.2, 0.25) is 0 Å². The summed E-state index contributed by atoms with van der Waals surface area (Å²) in [4.78, 5) is 14.5. The molecule has 0 aliphatic rings. The Hall–Kier alpha value is -2.17. The van der Waals surface area contributed by atoms with Crippen LogP contribution in [0.3, 0.4) is 0 Å². The molecule has 1 aromatic heterocycles. The summed E-state index contributed by atoms with van der Waals surface area (Å²) >= 11 is 0. The second-order valence-electron chi connectivity index (χ2n) is 5.52. The number of fused-ring (bicyclic) bond motifs is 1. The maximum absolute atomic E-state index is 12.5. The van der Waals surface area contributed by atoms with Crippen molar-refractivity contribution in [3.63, 3.8) is 0 Å². The Kier molecular flexibility index (Phi) is 4.96. The van der Waals surface area contributed by atoms with Gasteiger partial charge >= 0.3 is 0 Å². The lowest BCUT2D eigenvalue weighted by atomic mass is 10.1. The summed E-state index contributed by atoms with van der Waals surface area (Å²) in [7, 11) is 7.20.